The molecule has 4 heteroatoms. The molecule has 0 aromatic carbocycles. The second-order valence-electron chi connectivity index (χ2n) is 3.61. The molecule has 1 fully saturated rings. The summed E-state index contributed by atoms with van der Waals surface area (Å²) in [6.45, 7) is 4.15. The van der Waals surface area contributed by atoms with E-state index in [0.717, 1.165) is 24.7 Å². The zero-order valence-electron chi connectivity index (χ0n) is 8.87. The molecule has 0 aliphatic carbocycles. The lowest BCUT2D eigenvalue weighted by molar-refractivity contribution is 0.129. The van der Waals surface area contributed by atoms with Crippen molar-refractivity contribution in [3.05, 3.63) is 0 Å². The Morgan fingerprint density at radius 3 is 3.07 bits per heavy atom. The monoisotopic (exact) mass is 219 g/mol. The van der Waals surface area contributed by atoms with Crippen molar-refractivity contribution in [3.63, 3.8) is 0 Å². The number of thioether (sulfide) groups is 1. The topological polar surface area (TPSA) is 41.5 Å². The van der Waals surface area contributed by atoms with Crippen LogP contribution in [-0.4, -0.2) is 48.5 Å². The van der Waals surface area contributed by atoms with E-state index < -0.39 is 0 Å². The maximum absolute atomic E-state index is 9.04. The number of nitrogens with one attached hydrogen (secondary N) is 1. The largest absolute Gasteiger partial charge is 0.395 e. The fourth-order valence-corrected chi connectivity index (χ4v) is 2.75. The molecule has 0 aromatic heterocycles. The highest BCUT2D eigenvalue weighted by molar-refractivity contribution is 7.99. The van der Waals surface area contributed by atoms with Gasteiger partial charge in [-0.05, 0) is 19.4 Å². The lowest BCUT2D eigenvalue weighted by atomic mass is 10.3. The van der Waals surface area contributed by atoms with Gasteiger partial charge in [0.05, 0.1) is 12.7 Å². The molecular formula is C10H21NO2S. The summed E-state index contributed by atoms with van der Waals surface area (Å²) in [4.78, 5) is 0. The first-order chi connectivity index (χ1) is 6.86. The van der Waals surface area contributed by atoms with E-state index in [0.29, 0.717) is 6.10 Å². The number of aliphatic hydroxyl groups is 1. The second kappa shape index (κ2) is 7.51. The number of likely N-dealkylation sites (N-methyl/N-ethyl adjacent to an activating group) is 1. The molecule has 0 spiro atoms. The van der Waals surface area contributed by atoms with Crippen LogP contribution < -0.4 is 5.32 Å². The molecule has 2 atom stereocenters. The maximum Gasteiger partial charge on any atom is 0.0666 e. The van der Waals surface area contributed by atoms with Crippen molar-refractivity contribution in [1.82, 2.24) is 5.32 Å². The van der Waals surface area contributed by atoms with E-state index in [4.69, 9.17) is 9.84 Å². The van der Waals surface area contributed by atoms with Crippen molar-refractivity contribution in [2.75, 3.05) is 31.3 Å². The molecule has 0 saturated carbocycles. The van der Waals surface area contributed by atoms with Crippen molar-refractivity contribution in [1.29, 1.82) is 0 Å². The Morgan fingerprint density at radius 2 is 2.50 bits per heavy atom. The Kier molecular flexibility index (Phi) is 6.60. The number of hydrogen-bond donors (Lipinski definition) is 2. The van der Waals surface area contributed by atoms with Gasteiger partial charge in [0.25, 0.3) is 0 Å². The number of rotatable bonds is 7. The summed E-state index contributed by atoms with van der Waals surface area (Å²) in [5.74, 6) is 2.05. The fraction of sp³-hybridized carbons (Fsp3) is 1.00. The molecule has 2 unspecified atom stereocenters. The lowest BCUT2D eigenvalue weighted by Crippen LogP contribution is -2.34. The van der Waals surface area contributed by atoms with Gasteiger partial charge in [0.2, 0.25) is 0 Å². The molecule has 84 valence electrons. The fourth-order valence-electron chi connectivity index (χ4n) is 1.58. The first-order valence-corrected chi connectivity index (χ1v) is 6.55. The SMILES string of the molecule is CCNC(CO)CSCC1CCCO1. The highest BCUT2D eigenvalue weighted by Crippen LogP contribution is 2.17. The molecule has 1 aliphatic heterocycles. The van der Waals surface area contributed by atoms with Crippen molar-refractivity contribution < 1.29 is 9.84 Å². The van der Waals surface area contributed by atoms with Crippen molar-refractivity contribution in [2.24, 2.45) is 0 Å². The van der Waals surface area contributed by atoms with Crippen LogP contribution in [0.5, 0.6) is 0 Å². The molecule has 2 N–H and O–H groups in total. The van der Waals surface area contributed by atoms with Crippen LogP contribution in [0.4, 0.5) is 0 Å². The molecule has 0 amide bonds. The minimum atomic E-state index is 0.229. The van der Waals surface area contributed by atoms with Crippen molar-refractivity contribution in [3.8, 4) is 0 Å². The summed E-state index contributed by atoms with van der Waals surface area (Å²) in [5.41, 5.74) is 0. The molecule has 14 heavy (non-hydrogen) atoms. The number of hydrogen-bond acceptors (Lipinski definition) is 4. The first-order valence-electron chi connectivity index (χ1n) is 5.40. The van der Waals surface area contributed by atoms with Crippen LogP contribution in [0.2, 0.25) is 0 Å². The Bertz CT molecular complexity index is 140. The predicted octanol–water partition coefficient (Wildman–Crippen LogP) is 0.869. The van der Waals surface area contributed by atoms with E-state index in [-0.39, 0.29) is 12.6 Å². The molecule has 1 rings (SSSR count). The van der Waals surface area contributed by atoms with Gasteiger partial charge in [-0.1, -0.05) is 6.92 Å². The Balaban J connectivity index is 2.00. The average molecular weight is 219 g/mol. The van der Waals surface area contributed by atoms with Crippen LogP contribution in [0.3, 0.4) is 0 Å². The van der Waals surface area contributed by atoms with Gasteiger partial charge < -0.3 is 15.2 Å². The van der Waals surface area contributed by atoms with Crippen LogP contribution in [0, 0.1) is 0 Å². The van der Waals surface area contributed by atoms with Crippen LogP contribution in [-0.2, 0) is 4.74 Å². The predicted molar refractivity (Wildman–Crippen MR) is 60.8 cm³/mol. The standard InChI is InChI=1S/C10H21NO2S/c1-2-11-9(6-12)7-14-8-10-4-3-5-13-10/h9-12H,2-8H2,1H3. The molecule has 1 saturated heterocycles. The molecular weight excluding hydrogens is 198 g/mol. The van der Waals surface area contributed by atoms with Crippen LogP contribution in [0.25, 0.3) is 0 Å². The van der Waals surface area contributed by atoms with E-state index in [1.165, 1.54) is 12.8 Å². The quantitative estimate of drug-likeness (QED) is 0.667. The average Bonchev–Trinajstić information content (AvgIpc) is 2.69. The second-order valence-corrected chi connectivity index (χ2v) is 4.68. The highest BCUT2D eigenvalue weighted by Gasteiger charge is 2.15. The highest BCUT2D eigenvalue weighted by atomic mass is 32.2. The summed E-state index contributed by atoms with van der Waals surface area (Å²) < 4.78 is 5.52. The third-order valence-corrected chi connectivity index (χ3v) is 3.61. The molecule has 0 radical (unpaired) electrons. The zero-order chi connectivity index (χ0) is 10.2. The summed E-state index contributed by atoms with van der Waals surface area (Å²) in [5, 5.41) is 12.3. The Hall–Kier alpha value is 0.230. The van der Waals surface area contributed by atoms with Gasteiger partial charge in [-0.3, -0.25) is 0 Å². The van der Waals surface area contributed by atoms with Crippen molar-refractivity contribution >= 4 is 11.8 Å². The van der Waals surface area contributed by atoms with Gasteiger partial charge in [0.15, 0.2) is 0 Å². The molecule has 0 bridgehead atoms. The molecule has 1 heterocycles. The van der Waals surface area contributed by atoms with Gasteiger partial charge in [0.1, 0.15) is 0 Å². The summed E-state index contributed by atoms with van der Waals surface area (Å²) in [6.07, 6.45) is 2.88. The summed E-state index contributed by atoms with van der Waals surface area (Å²) >= 11 is 1.88. The van der Waals surface area contributed by atoms with Crippen LogP contribution >= 0.6 is 11.8 Å². The third kappa shape index (κ3) is 4.64. The van der Waals surface area contributed by atoms with E-state index in [1.807, 2.05) is 11.8 Å². The van der Waals surface area contributed by atoms with E-state index in [9.17, 15) is 0 Å². The van der Waals surface area contributed by atoms with Crippen molar-refractivity contribution in [2.45, 2.75) is 31.9 Å². The van der Waals surface area contributed by atoms with Crippen LogP contribution in [0.1, 0.15) is 19.8 Å². The minimum absolute atomic E-state index is 0.229. The lowest BCUT2D eigenvalue weighted by Gasteiger charge is -2.15. The van der Waals surface area contributed by atoms with Crippen LogP contribution in [0.15, 0.2) is 0 Å². The summed E-state index contributed by atoms with van der Waals surface area (Å²) in [6, 6.07) is 0.242. The first kappa shape index (κ1) is 12.3. The maximum atomic E-state index is 9.04. The molecule has 0 aromatic rings. The van der Waals surface area contributed by atoms with Gasteiger partial charge in [-0.25, -0.2) is 0 Å². The molecule has 1 aliphatic rings. The van der Waals surface area contributed by atoms with E-state index in [2.05, 4.69) is 12.2 Å². The third-order valence-electron chi connectivity index (χ3n) is 2.36. The number of aliphatic hydroxyl groups excluding tert-OH is 1. The van der Waals surface area contributed by atoms with E-state index >= 15 is 0 Å². The van der Waals surface area contributed by atoms with Gasteiger partial charge in [0, 0.05) is 24.2 Å². The Morgan fingerprint density at radius 1 is 1.64 bits per heavy atom. The minimum Gasteiger partial charge on any atom is -0.395 e. The van der Waals surface area contributed by atoms with Gasteiger partial charge in [-0.2, -0.15) is 11.8 Å². The summed E-state index contributed by atoms with van der Waals surface area (Å²) in [7, 11) is 0. The Labute approximate surface area is 90.6 Å². The van der Waals surface area contributed by atoms with Gasteiger partial charge >= 0.3 is 0 Å². The smallest absolute Gasteiger partial charge is 0.0666 e. The zero-order valence-corrected chi connectivity index (χ0v) is 9.68. The molecule has 3 nitrogen and oxygen atoms in total. The van der Waals surface area contributed by atoms with E-state index in [1.54, 1.807) is 0 Å². The number of ether oxygens (including phenoxy) is 1. The van der Waals surface area contributed by atoms with Gasteiger partial charge in [-0.15, -0.1) is 0 Å². The normalized spacial score (nSPS) is 24.0.